The number of hydrogen-bond acceptors (Lipinski definition) is 2. The van der Waals surface area contributed by atoms with E-state index >= 15 is 0 Å². The normalized spacial score (nSPS) is 12.2. The van der Waals surface area contributed by atoms with E-state index in [0.29, 0.717) is 18.0 Å². The Morgan fingerprint density at radius 2 is 2.24 bits per heavy atom. The largest absolute Gasteiger partial charge is 0.391 e. The molecule has 0 aliphatic rings. The second-order valence-corrected chi connectivity index (χ2v) is 4.19. The lowest BCUT2D eigenvalue weighted by Crippen LogP contribution is -2.16. The van der Waals surface area contributed by atoms with Gasteiger partial charge in [0.05, 0.1) is 6.61 Å². The van der Waals surface area contributed by atoms with E-state index in [-0.39, 0.29) is 11.5 Å². The Kier molecular flexibility index (Phi) is 5.10. The van der Waals surface area contributed by atoms with E-state index in [1.54, 1.807) is 6.07 Å². The Morgan fingerprint density at radius 1 is 1.53 bits per heavy atom. The van der Waals surface area contributed by atoms with Crippen molar-refractivity contribution < 1.29 is 14.3 Å². The van der Waals surface area contributed by atoms with Crippen LogP contribution in [0.4, 0.5) is 10.1 Å². The topological polar surface area (TPSA) is 49.3 Å². The van der Waals surface area contributed by atoms with Crippen LogP contribution in [-0.4, -0.2) is 11.0 Å². The van der Waals surface area contributed by atoms with Gasteiger partial charge in [-0.1, -0.05) is 26.3 Å². The summed E-state index contributed by atoms with van der Waals surface area (Å²) in [6, 6.07) is 4.35. The molecule has 0 radical (unpaired) electrons. The number of halogens is 1. The first kappa shape index (κ1) is 13.6. The van der Waals surface area contributed by atoms with Crippen LogP contribution in [0.2, 0.25) is 0 Å². The molecule has 0 aliphatic heterocycles. The summed E-state index contributed by atoms with van der Waals surface area (Å²) >= 11 is 0. The van der Waals surface area contributed by atoms with Crippen LogP contribution in [0.5, 0.6) is 0 Å². The van der Waals surface area contributed by atoms with Gasteiger partial charge in [0, 0.05) is 17.7 Å². The van der Waals surface area contributed by atoms with Crippen molar-refractivity contribution in [3.05, 3.63) is 29.6 Å². The van der Waals surface area contributed by atoms with Gasteiger partial charge < -0.3 is 10.4 Å². The van der Waals surface area contributed by atoms with Crippen molar-refractivity contribution in [3.63, 3.8) is 0 Å². The smallest absolute Gasteiger partial charge is 0.224 e. The molecule has 1 rings (SSSR count). The van der Waals surface area contributed by atoms with E-state index in [0.717, 1.165) is 6.42 Å². The van der Waals surface area contributed by atoms with Crippen molar-refractivity contribution >= 4 is 11.6 Å². The van der Waals surface area contributed by atoms with Crippen molar-refractivity contribution in [3.8, 4) is 0 Å². The van der Waals surface area contributed by atoms with Crippen LogP contribution in [0.25, 0.3) is 0 Å². The number of nitrogens with one attached hydrogen (secondary N) is 1. The van der Waals surface area contributed by atoms with Crippen molar-refractivity contribution in [1.29, 1.82) is 0 Å². The second-order valence-electron chi connectivity index (χ2n) is 4.19. The fraction of sp³-hybridized carbons (Fsp3) is 0.462. The molecule has 0 aromatic heterocycles. The Morgan fingerprint density at radius 3 is 2.82 bits per heavy atom. The van der Waals surface area contributed by atoms with Crippen molar-refractivity contribution in [2.24, 2.45) is 5.92 Å². The van der Waals surface area contributed by atoms with Crippen molar-refractivity contribution in [2.45, 2.75) is 33.3 Å². The standard InChI is InChI=1S/C13H18FNO2/c1-3-9(2)7-13(17)15-12-6-4-5-11(14)10(12)8-16/h4-6,9,16H,3,7-8H2,1-2H3,(H,15,17). The van der Waals surface area contributed by atoms with Crippen LogP contribution < -0.4 is 5.32 Å². The quantitative estimate of drug-likeness (QED) is 0.830. The van der Waals surface area contributed by atoms with Crippen LogP contribution in [-0.2, 0) is 11.4 Å². The fourth-order valence-corrected chi connectivity index (χ4v) is 1.50. The molecule has 1 aromatic carbocycles. The molecule has 0 saturated heterocycles. The van der Waals surface area contributed by atoms with Gasteiger partial charge in [-0.15, -0.1) is 0 Å². The first-order valence-electron chi connectivity index (χ1n) is 5.76. The predicted octanol–water partition coefficient (Wildman–Crippen LogP) is 2.69. The minimum Gasteiger partial charge on any atom is -0.391 e. The van der Waals surface area contributed by atoms with Gasteiger partial charge in [0.1, 0.15) is 5.82 Å². The number of aliphatic hydroxyl groups is 1. The molecule has 1 unspecified atom stereocenters. The molecule has 0 aliphatic carbocycles. The average Bonchev–Trinajstić information content (AvgIpc) is 2.29. The number of amides is 1. The van der Waals surface area contributed by atoms with Gasteiger partial charge >= 0.3 is 0 Å². The van der Waals surface area contributed by atoms with Gasteiger partial charge in [-0.2, -0.15) is 0 Å². The van der Waals surface area contributed by atoms with E-state index in [4.69, 9.17) is 5.11 Å². The van der Waals surface area contributed by atoms with Gasteiger partial charge in [-0.05, 0) is 18.1 Å². The molecule has 1 atom stereocenters. The molecule has 0 spiro atoms. The van der Waals surface area contributed by atoms with Crippen LogP contribution in [0.3, 0.4) is 0 Å². The highest BCUT2D eigenvalue weighted by Crippen LogP contribution is 2.19. The summed E-state index contributed by atoms with van der Waals surface area (Å²) in [4.78, 5) is 11.6. The molecule has 0 bridgehead atoms. The fourth-order valence-electron chi connectivity index (χ4n) is 1.50. The molecule has 0 fully saturated rings. The van der Waals surface area contributed by atoms with Crippen LogP contribution in [0.1, 0.15) is 32.3 Å². The minimum absolute atomic E-state index is 0.130. The highest BCUT2D eigenvalue weighted by Gasteiger charge is 2.12. The SMILES string of the molecule is CCC(C)CC(=O)Nc1cccc(F)c1CO. The van der Waals surface area contributed by atoms with Crippen LogP contribution in [0.15, 0.2) is 18.2 Å². The summed E-state index contributed by atoms with van der Waals surface area (Å²) in [7, 11) is 0. The molecule has 2 N–H and O–H groups in total. The molecule has 17 heavy (non-hydrogen) atoms. The highest BCUT2D eigenvalue weighted by atomic mass is 19.1. The monoisotopic (exact) mass is 239 g/mol. The van der Waals surface area contributed by atoms with Gasteiger partial charge in [-0.3, -0.25) is 4.79 Å². The van der Waals surface area contributed by atoms with Gasteiger partial charge in [0.15, 0.2) is 0 Å². The van der Waals surface area contributed by atoms with Gasteiger partial charge in [-0.25, -0.2) is 4.39 Å². The Hall–Kier alpha value is -1.42. The Balaban J connectivity index is 2.74. The summed E-state index contributed by atoms with van der Waals surface area (Å²) in [5, 5.41) is 11.7. The zero-order valence-corrected chi connectivity index (χ0v) is 10.2. The molecule has 0 saturated carbocycles. The predicted molar refractivity (Wildman–Crippen MR) is 65.0 cm³/mol. The molecular formula is C13H18FNO2. The van der Waals surface area contributed by atoms with E-state index in [9.17, 15) is 9.18 Å². The third kappa shape index (κ3) is 3.82. The van der Waals surface area contributed by atoms with Crippen molar-refractivity contribution in [1.82, 2.24) is 0 Å². The lowest BCUT2D eigenvalue weighted by molar-refractivity contribution is -0.117. The minimum atomic E-state index is -0.506. The summed E-state index contributed by atoms with van der Waals surface area (Å²) in [5.74, 6) is -0.366. The zero-order chi connectivity index (χ0) is 12.8. The van der Waals surface area contributed by atoms with Gasteiger partial charge in [0.25, 0.3) is 0 Å². The third-order valence-electron chi connectivity index (χ3n) is 2.78. The number of benzene rings is 1. The summed E-state index contributed by atoms with van der Waals surface area (Å²) in [5.41, 5.74) is 0.478. The average molecular weight is 239 g/mol. The molecule has 1 aromatic rings. The first-order valence-corrected chi connectivity index (χ1v) is 5.76. The Labute approximate surface area is 101 Å². The summed E-state index contributed by atoms with van der Waals surface area (Å²) in [6.07, 6.45) is 1.32. The molecule has 1 amide bonds. The maximum atomic E-state index is 13.3. The number of carbonyl (C=O) groups is 1. The second kappa shape index (κ2) is 6.35. The molecular weight excluding hydrogens is 221 g/mol. The van der Waals surface area contributed by atoms with Crippen LogP contribution in [0, 0.1) is 11.7 Å². The van der Waals surface area contributed by atoms with E-state index < -0.39 is 12.4 Å². The van der Waals surface area contributed by atoms with Crippen molar-refractivity contribution in [2.75, 3.05) is 5.32 Å². The number of rotatable bonds is 5. The number of hydrogen-bond donors (Lipinski definition) is 2. The van der Waals surface area contributed by atoms with E-state index in [1.165, 1.54) is 12.1 Å². The lowest BCUT2D eigenvalue weighted by Gasteiger charge is -2.12. The maximum Gasteiger partial charge on any atom is 0.224 e. The number of aliphatic hydroxyl groups excluding tert-OH is 1. The molecule has 4 heteroatoms. The first-order chi connectivity index (χ1) is 8.08. The molecule has 3 nitrogen and oxygen atoms in total. The van der Waals surface area contributed by atoms with E-state index in [2.05, 4.69) is 5.32 Å². The Bertz CT molecular complexity index is 393. The van der Waals surface area contributed by atoms with Crippen LogP contribution >= 0.6 is 0 Å². The number of carbonyl (C=O) groups excluding carboxylic acids is 1. The lowest BCUT2D eigenvalue weighted by atomic mass is 10.0. The highest BCUT2D eigenvalue weighted by molar-refractivity contribution is 5.91. The van der Waals surface area contributed by atoms with Gasteiger partial charge in [0.2, 0.25) is 5.91 Å². The zero-order valence-electron chi connectivity index (χ0n) is 10.2. The summed E-state index contributed by atoms with van der Waals surface area (Å²) in [6.45, 7) is 3.57. The molecule has 94 valence electrons. The number of anilines is 1. The summed E-state index contributed by atoms with van der Waals surface area (Å²) < 4.78 is 13.3. The molecule has 0 heterocycles. The van der Waals surface area contributed by atoms with E-state index in [1.807, 2.05) is 13.8 Å². The maximum absolute atomic E-state index is 13.3. The third-order valence-corrected chi connectivity index (χ3v) is 2.78.